The van der Waals surface area contributed by atoms with Crippen LogP contribution in [0.25, 0.3) is 0 Å². The number of carbonyl (C=O) groups is 1. The van der Waals surface area contributed by atoms with E-state index in [2.05, 4.69) is 10.5 Å². The molecular weight excluding hydrogens is 254 g/mol. The second kappa shape index (κ2) is 6.16. The standard InChI is InChI=1S/C15H11N3O2/c16-9-11-4-6-13(7-5-11)15(20)18-17-10-12-2-1-3-14(19)8-12/h1-8,10,19H,(H,18,20)/b17-10-. The van der Waals surface area contributed by atoms with Crippen LogP contribution in [0.15, 0.2) is 53.6 Å². The Bertz CT molecular complexity index is 685. The zero-order valence-electron chi connectivity index (χ0n) is 10.4. The van der Waals surface area contributed by atoms with Gasteiger partial charge in [0.15, 0.2) is 0 Å². The number of benzene rings is 2. The summed E-state index contributed by atoms with van der Waals surface area (Å²) in [5.74, 6) is -0.238. The fraction of sp³-hybridized carbons (Fsp3) is 0. The van der Waals surface area contributed by atoms with Gasteiger partial charge in [-0.05, 0) is 42.0 Å². The third-order valence-corrected chi connectivity index (χ3v) is 2.53. The van der Waals surface area contributed by atoms with Crippen molar-refractivity contribution in [3.63, 3.8) is 0 Å². The van der Waals surface area contributed by atoms with Crippen molar-refractivity contribution >= 4 is 12.1 Å². The van der Waals surface area contributed by atoms with Crippen molar-refractivity contribution in [1.29, 1.82) is 5.26 Å². The lowest BCUT2D eigenvalue weighted by atomic mass is 10.1. The SMILES string of the molecule is N#Cc1ccc(C(=O)N/N=C\c2cccc(O)c2)cc1. The van der Waals surface area contributed by atoms with Gasteiger partial charge in [-0.25, -0.2) is 5.43 Å². The lowest BCUT2D eigenvalue weighted by molar-refractivity contribution is 0.0955. The fourth-order valence-corrected chi connectivity index (χ4v) is 1.53. The minimum atomic E-state index is -0.370. The van der Waals surface area contributed by atoms with E-state index in [1.54, 1.807) is 42.5 Å². The Morgan fingerprint density at radius 2 is 2.00 bits per heavy atom. The van der Waals surface area contributed by atoms with Gasteiger partial charge in [0.25, 0.3) is 5.91 Å². The highest BCUT2D eigenvalue weighted by Crippen LogP contribution is 2.08. The fourth-order valence-electron chi connectivity index (χ4n) is 1.53. The molecule has 0 aliphatic rings. The molecule has 0 saturated heterocycles. The quantitative estimate of drug-likeness (QED) is 0.657. The van der Waals surface area contributed by atoms with E-state index < -0.39 is 0 Å². The van der Waals surface area contributed by atoms with Gasteiger partial charge in [0, 0.05) is 5.56 Å². The van der Waals surface area contributed by atoms with Crippen molar-refractivity contribution in [3.8, 4) is 11.8 Å². The van der Waals surface area contributed by atoms with E-state index in [4.69, 9.17) is 5.26 Å². The van der Waals surface area contributed by atoms with Crippen molar-refractivity contribution in [2.45, 2.75) is 0 Å². The highest BCUT2D eigenvalue weighted by molar-refractivity contribution is 5.95. The molecule has 0 aromatic heterocycles. The number of hydrazone groups is 1. The van der Waals surface area contributed by atoms with E-state index >= 15 is 0 Å². The topological polar surface area (TPSA) is 85.5 Å². The van der Waals surface area contributed by atoms with Crippen LogP contribution in [0.5, 0.6) is 5.75 Å². The maximum Gasteiger partial charge on any atom is 0.271 e. The second-order valence-corrected chi connectivity index (χ2v) is 3.98. The van der Waals surface area contributed by atoms with E-state index in [0.717, 1.165) is 0 Å². The third-order valence-electron chi connectivity index (χ3n) is 2.53. The van der Waals surface area contributed by atoms with Crippen LogP contribution in [-0.2, 0) is 0 Å². The van der Waals surface area contributed by atoms with Crippen LogP contribution < -0.4 is 5.43 Å². The molecule has 0 fully saturated rings. The Labute approximate surface area is 115 Å². The molecular formula is C15H11N3O2. The summed E-state index contributed by atoms with van der Waals surface area (Å²) < 4.78 is 0. The van der Waals surface area contributed by atoms with Gasteiger partial charge in [-0.3, -0.25) is 4.79 Å². The zero-order chi connectivity index (χ0) is 14.4. The van der Waals surface area contributed by atoms with Crippen LogP contribution in [0.4, 0.5) is 0 Å². The van der Waals surface area contributed by atoms with Gasteiger partial charge < -0.3 is 5.11 Å². The zero-order valence-corrected chi connectivity index (χ0v) is 10.4. The summed E-state index contributed by atoms with van der Waals surface area (Å²) in [6, 6.07) is 14.7. The molecule has 0 atom stereocenters. The van der Waals surface area contributed by atoms with Gasteiger partial charge in [-0.15, -0.1) is 0 Å². The first-order valence-corrected chi connectivity index (χ1v) is 5.81. The molecule has 2 N–H and O–H groups in total. The molecule has 0 aliphatic heterocycles. The molecule has 2 rings (SSSR count). The normalized spacial score (nSPS) is 10.2. The number of nitrogens with one attached hydrogen (secondary N) is 1. The lowest BCUT2D eigenvalue weighted by Crippen LogP contribution is -2.17. The van der Waals surface area contributed by atoms with Crippen molar-refractivity contribution in [3.05, 3.63) is 65.2 Å². The molecule has 0 spiro atoms. The van der Waals surface area contributed by atoms with E-state index in [1.165, 1.54) is 12.3 Å². The summed E-state index contributed by atoms with van der Waals surface area (Å²) in [6.07, 6.45) is 1.43. The Kier molecular flexibility index (Phi) is 4.10. The van der Waals surface area contributed by atoms with Crippen LogP contribution in [0, 0.1) is 11.3 Å². The number of nitriles is 1. The average molecular weight is 265 g/mol. The number of hydrogen-bond acceptors (Lipinski definition) is 4. The predicted octanol–water partition coefficient (Wildman–Crippen LogP) is 2.03. The Hall–Kier alpha value is -3.13. The first-order chi connectivity index (χ1) is 9.69. The van der Waals surface area contributed by atoms with Gasteiger partial charge >= 0.3 is 0 Å². The molecule has 2 aromatic carbocycles. The highest BCUT2D eigenvalue weighted by Gasteiger charge is 2.03. The maximum atomic E-state index is 11.7. The van der Waals surface area contributed by atoms with Crippen LogP contribution >= 0.6 is 0 Å². The summed E-state index contributed by atoms with van der Waals surface area (Å²) in [6.45, 7) is 0. The number of carbonyl (C=O) groups excluding carboxylic acids is 1. The average Bonchev–Trinajstić information content (AvgIpc) is 2.47. The molecule has 0 bridgehead atoms. The number of rotatable bonds is 3. The Balaban J connectivity index is 1.99. The van der Waals surface area contributed by atoms with Gasteiger partial charge in [0.2, 0.25) is 0 Å². The minimum absolute atomic E-state index is 0.132. The molecule has 5 nitrogen and oxygen atoms in total. The van der Waals surface area contributed by atoms with Crippen molar-refractivity contribution < 1.29 is 9.90 Å². The molecule has 2 aromatic rings. The van der Waals surface area contributed by atoms with E-state index in [1.807, 2.05) is 6.07 Å². The van der Waals surface area contributed by atoms with Gasteiger partial charge in [-0.2, -0.15) is 10.4 Å². The third kappa shape index (κ3) is 3.43. The van der Waals surface area contributed by atoms with Crippen LogP contribution in [0.3, 0.4) is 0 Å². The summed E-state index contributed by atoms with van der Waals surface area (Å²) in [4.78, 5) is 11.7. The first kappa shape index (κ1) is 13.3. The Morgan fingerprint density at radius 1 is 1.25 bits per heavy atom. The number of aromatic hydroxyl groups is 1. The van der Waals surface area contributed by atoms with Crippen LogP contribution in [0.2, 0.25) is 0 Å². The van der Waals surface area contributed by atoms with Gasteiger partial charge in [0.1, 0.15) is 5.75 Å². The summed E-state index contributed by atoms with van der Waals surface area (Å²) in [5, 5.41) is 21.7. The summed E-state index contributed by atoms with van der Waals surface area (Å²) in [5.41, 5.74) is 3.95. The lowest BCUT2D eigenvalue weighted by Gasteiger charge is -1.99. The molecule has 0 saturated carbocycles. The number of nitrogens with zero attached hydrogens (tertiary/aromatic N) is 2. The minimum Gasteiger partial charge on any atom is -0.508 e. The van der Waals surface area contributed by atoms with Crippen LogP contribution in [-0.4, -0.2) is 17.2 Å². The first-order valence-electron chi connectivity index (χ1n) is 5.81. The van der Waals surface area contributed by atoms with Crippen LogP contribution in [0.1, 0.15) is 21.5 Å². The molecule has 0 heterocycles. The monoisotopic (exact) mass is 265 g/mol. The summed E-state index contributed by atoms with van der Waals surface area (Å²) in [7, 11) is 0. The molecule has 98 valence electrons. The number of hydrogen-bond donors (Lipinski definition) is 2. The van der Waals surface area contributed by atoms with E-state index in [0.29, 0.717) is 16.7 Å². The van der Waals surface area contributed by atoms with E-state index in [-0.39, 0.29) is 11.7 Å². The van der Waals surface area contributed by atoms with Gasteiger partial charge in [0.05, 0.1) is 17.8 Å². The maximum absolute atomic E-state index is 11.7. The number of phenols is 1. The predicted molar refractivity (Wildman–Crippen MR) is 74.3 cm³/mol. The van der Waals surface area contributed by atoms with E-state index in [9.17, 15) is 9.90 Å². The largest absolute Gasteiger partial charge is 0.508 e. The van der Waals surface area contributed by atoms with Crippen molar-refractivity contribution in [2.24, 2.45) is 5.10 Å². The molecule has 5 heteroatoms. The van der Waals surface area contributed by atoms with Gasteiger partial charge in [-0.1, -0.05) is 12.1 Å². The molecule has 20 heavy (non-hydrogen) atoms. The molecule has 0 radical (unpaired) electrons. The number of phenolic OH excluding ortho intramolecular Hbond substituents is 1. The molecule has 0 unspecified atom stereocenters. The number of amides is 1. The molecule has 0 aliphatic carbocycles. The molecule has 1 amide bonds. The summed E-state index contributed by atoms with van der Waals surface area (Å²) >= 11 is 0. The Morgan fingerprint density at radius 3 is 2.65 bits per heavy atom. The highest BCUT2D eigenvalue weighted by atomic mass is 16.3. The van der Waals surface area contributed by atoms with Crippen molar-refractivity contribution in [2.75, 3.05) is 0 Å². The van der Waals surface area contributed by atoms with Crippen molar-refractivity contribution in [1.82, 2.24) is 5.43 Å². The smallest absolute Gasteiger partial charge is 0.271 e. The second-order valence-electron chi connectivity index (χ2n) is 3.98.